The molecule has 2 aromatic rings. The number of aromatic nitrogens is 1. The first-order valence-corrected chi connectivity index (χ1v) is 7.02. The number of hydrogen-bond acceptors (Lipinski definition) is 3. The maximum Gasteiger partial charge on any atom is 0.194 e. The van der Waals surface area contributed by atoms with Crippen molar-refractivity contribution >= 4 is 0 Å². The normalized spacial score (nSPS) is 10.8. The van der Waals surface area contributed by atoms with Crippen LogP contribution in [0.3, 0.4) is 0 Å². The van der Waals surface area contributed by atoms with Crippen LogP contribution in [0.2, 0.25) is 0 Å². The Bertz CT molecular complexity index is 488. The Morgan fingerprint density at radius 2 is 1.95 bits per heavy atom. The molecule has 0 amide bonds. The van der Waals surface area contributed by atoms with Crippen molar-refractivity contribution in [1.82, 2.24) is 10.3 Å². The van der Waals surface area contributed by atoms with E-state index < -0.39 is 0 Å². The summed E-state index contributed by atoms with van der Waals surface area (Å²) in [4.78, 5) is 4.34. The van der Waals surface area contributed by atoms with Gasteiger partial charge >= 0.3 is 0 Å². The lowest BCUT2D eigenvalue weighted by atomic mass is 10.1. The first kappa shape index (κ1) is 13.8. The Balaban J connectivity index is 1.86. The van der Waals surface area contributed by atoms with E-state index in [4.69, 9.17) is 4.42 Å². The van der Waals surface area contributed by atoms with Crippen LogP contribution in [0.5, 0.6) is 0 Å². The molecular formula is C16H22N2O. The van der Waals surface area contributed by atoms with Gasteiger partial charge in [0.15, 0.2) is 11.7 Å². The summed E-state index contributed by atoms with van der Waals surface area (Å²) in [5.74, 6) is 1.69. The summed E-state index contributed by atoms with van der Waals surface area (Å²) in [7, 11) is 0. The van der Waals surface area contributed by atoms with Gasteiger partial charge in [-0.15, -0.1) is 0 Å². The Hall–Kier alpha value is -1.61. The summed E-state index contributed by atoms with van der Waals surface area (Å²) >= 11 is 0. The van der Waals surface area contributed by atoms with Gasteiger partial charge in [-0.05, 0) is 32.9 Å². The lowest BCUT2D eigenvalue weighted by Gasteiger charge is -2.00. The van der Waals surface area contributed by atoms with Gasteiger partial charge in [0.05, 0.1) is 6.20 Å². The maximum absolute atomic E-state index is 5.78. The summed E-state index contributed by atoms with van der Waals surface area (Å²) in [5, 5.41) is 3.38. The van der Waals surface area contributed by atoms with Crippen molar-refractivity contribution < 1.29 is 4.42 Å². The molecule has 3 heteroatoms. The van der Waals surface area contributed by atoms with E-state index in [1.165, 1.54) is 12.0 Å². The van der Waals surface area contributed by atoms with Gasteiger partial charge in [0.1, 0.15) is 0 Å². The van der Waals surface area contributed by atoms with Gasteiger partial charge < -0.3 is 9.73 Å². The molecule has 1 heterocycles. The van der Waals surface area contributed by atoms with Crippen LogP contribution < -0.4 is 5.32 Å². The molecule has 0 fully saturated rings. The van der Waals surface area contributed by atoms with Crippen LogP contribution >= 0.6 is 0 Å². The molecule has 1 aromatic heterocycles. The van der Waals surface area contributed by atoms with E-state index in [1.807, 2.05) is 6.20 Å². The first-order valence-electron chi connectivity index (χ1n) is 7.02. The first-order chi connectivity index (χ1) is 9.29. The van der Waals surface area contributed by atoms with Crippen molar-refractivity contribution in [3.63, 3.8) is 0 Å². The largest absolute Gasteiger partial charge is 0.441 e. The highest BCUT2D eigenvalue weighted by Crippen LogP contribution is 2.21. The van der Waals surface area contributed by atoms with Crippen LogP contribution in [-0.4, -0.2) is 18.1 Å². The summed E-state index contributed by atoms with van der Waals surface area (Å²) in [5.41, 5.74) is 2.35. The third kappa shape index (κ3) is 4.21. The average Bonchev–Trinajstić information content (AvgIpc) is 2.88. The SMILES string of the molecule is CCCNCCCc1ncc(-c2ccc(C)cc2)o1. The molecule has 0 bridgehead atoms. The van der Waals surface area contributed by atoms with Crippen LogP contribution in [0.15, 0.2) is 34.9 Å². The van der Waals surface area contributed by atoms with Gasteiger partial charge in [0, 0.05) is 12.0 Å². The Kier molecular flexibility index (Phi) is 5.16. The summed E-state index contributed by atoms with van der Waals surface area (Å²) < 4.78 is 5.78. The molecule has 0 saturated carbocycles. The standard InChI is InChI=1S/C16H22N2O/c1-3-10-17-11-4-5-16-18-12-15(19-16)14-8-6-13(2)7-9-14/h6-9,12,17H,3-5,10-11H2,1-2H3. The van der Waals surface area contributed by atoms with Crippen LogP contribution in [0.1, 0.15) is 31.2 Å². The minimum atomic E-state index is 0.828. The van der Waals surface area contributed by atoms with Gasteiger partial charge in [0.2, 0.25) is 0 Å². The van der Waals surface area contributed by atoms with Gasteiger partial charge in [-0.3, -0.25) is 0 Å². The van der Waals surface area contributed by atoms with Crippen molar-refractivity contribution in [2.45, 2.75) is 33.1 Å². The predicted octanol–water partition coefficient (Wildman–Crippen LogP) is 3.58. The topological polar surface area (TPSA) is 38.1 Å². The highest BCUT2D eigenvalue weighted by Gasteiger charge is 2.05. The zero-order valence-electron chi connectivity index (χ0n) is 11.8. The Morgan fingerprint density at radius 1 is 1.16 bits per heavy atom. The molecule has 0 spiro atoms. The lowest BCUT2D eigenvalue weighted by molar-refractivity contribution is 0.491. The van der Waals surface area contributed by atoms with E-state index >= 15 is 0 Å². The van der Waals surface area contributed by atoms with Crippen LogP contribution in [0.4, 0.5) is 0 Å². The summed E-state index contributed by atoms with van der Waals surface area (Å²) in [6, 6.07) is 8.32. The molecular weight excluding hydrogens is 236 g/mol. The van der Waals surface area contributed by atoms with E-state index in [9.17, 15) is 0 Å². The zero-order valence-corrected chi connectivity index (χ0v) is 11.8. The van der Waals surface area contributed by atoms with Crippen molar-refractivity contribution in [3.05, 3.63) is 41.9 Å². The van der Waals surface area contributed by atoms with E-state index in [0.717, 1.165) is 43.1 Å². The molecule has 0 aliphatic rings. The van der Waals surface area contributed by atoms with Crippen molar-refractivity contribution in [2.24, 2.45) is 0 Å². The van der Waals surface area contributed by atoms with Crippen molar-refractivity contribution in [3.8, 4) is 11.3 Å². The number of nitrogens with zero attached hydrogens (tertiary/aromatic N) is 1. The highest BCUT2D eigenvalue weighted by atomic mass is 16.4. The second-order valence-electron chi connectivity index (χ2n) is 4.84. The maximum atomic E-state index is 5.78. The Labute approximate surface area is 115 Å². The molecule has 0 radical (unpaired) electrons. The minimum absolute atomic E-state index is 0.828. The van der Waals surface area contributed by atoms with E-state index in [0.29, 0.717) is 0 Å². The quantitative estimate of drug-likeness (QED) is 0.771. The fraction of sp³-hybridized carbons (Fsp3) is 0.438. The van der Waals surface area contributed by atoms with Crippen molar-refractivity contribution in [2.75, 3.05) is 13.1 Å². The number of hydrogen-bond donors (Lipinski definition) is 1. The number of oxazole rings is 1. The van der Waals surface area contributed by atoms with Gasteiger partial charge in [-0.1, -0.05) is 36.8 Å². The van der Waals surface area contributed by atoms with E-state index in [2.05, 4.69) is 48.4 Å². The summed E-state index contributed by atoms with van der Waals surface area (Å²) in [6.07, 6.45) is 4.95. The number of nitrogens with one attached hydrogen (secondary N) is 1. The third-order valence-corrected chi connectivity index (χ3v) is 3.06. The number of aryl methyl sites for hydroxylation is 2. The molecule has 1 N–H and O–H groups in total. The van der Waals surface area contributed by atoms with Gasteiger partial charge in [0.25, 0.3) is 0 Å². The second-order valence-corrected chi connectivity index (χ2v) is 4.84. The molecule has 0 unspecified atom stereocenters. The molecule has 19 heavy (non-hydrogen) atoms. The van der Waals surface area contributed by atoms with Crippen LogP contribution in [0.25, 0.3) is 11.3 Å². The smallest absolute Gasteiger partial charge is 0.194 e. The lowest BCUT2D eigenvalue weighted by Crippen LogP contribution is -2.16. The van der Waals surface area contributed by atoms with E-state index in [1.54, 1.807) is 0 Å². The Morgan fingerprint density at radius 3 is 2.68 bits per heavy atom. The fourth-order valence-corrected chi connectivity index (χ4v) is 1.94. The zero-order chi connectivity index (χ0) is 13.5. The number of benzene rings is 1. The monoisotopic (exact) mass is 258 g/mol. The fourth-order valence-electron chi connectivity index (χ4n) is 1.94. The molecule has 1 aromatic carbocycles. The molecule has 2 rings (SSSR count). The van der Waals surface area contributed by atoms with E-state index in [-0.39, 0.29) is 0 Å². The number of rotatable bonds is 7. The van der Waals surface area contributed by atoms with Crippen molar-refractivity contribution in [1.29, 1.82) is 0 Å². The van der Waals surface area contributed by atoms with Crippen LogP contribution in [0, 0.1) is 6.92 Å². The minimum Gasteiger partial charge on any atom is -0.441 e. The molecule has 0 aliphatic heterocycles. The average molecular weight is 258 g/mol. The molecule has 0 atom stereocenters. The van der Waals surface area contributed by atoms with Gasteiger partial charge in [-0.25, -0.2) is 4.98 Å². The molecule has 0 aliphatic carbocycles. The third-order valence-electron chi connectivity index (χ3n) is 3.06. The second kappa shape index (κ2) is 7.10. The molecule has 3 nitrogen and oxygen atoms in total. The van der Waals surface area contributed by atoms with Gasteiger partial charge in [-0.2, -0.15) is 0 Å². The molecule has 102 valence electrons. The highest BCUT2D eigenvalue weighted by molar-refractivity contribution is 5.56. The van der Waals surface area contributed by atoms with Crippen LogP contribution in [-0.2, 0) is 6.42 Å². The summed E-state index contributed by atoms with van der Waals surface area (Å²) in [6.45, 7) is 6.37. The predicted molar refractivity (Wildman–Crippen MR) is 78.2 cm³/mol. The molecule has 0 saturated heterocycles.